The zero-order chi connectivity index (χ0) is 14.3. The number of hydrogen-bond acceptors (Lipinski definition) is 3. The maximum atomic E-state index is 5.50. The van der Waals surface area contributed by atoms with Crippen molar-refractivity contribution >= 4 is 0 Å². The monoisotopic (exact) mass is 271 g/mol. The molecule has 116 valence electrons. The second-order valence-corrected chi connectivity index (χ2v) is 5.37. The highest BCUT2D eigenvalue weighted by Crippen LogP contribution is 2.04. The molecule has 0 saturated heterocycles. The van der Waals surface area contributed by atoms with Crippen LogP contribution < -0.4 is 5.73 Å². The fourth-order valence-electron chi connectivity index (χ4n) is 2.50. The SMILES string of the molecule is CCN(CC)CCCN(CC)CCCCCCCN. The Hall–Kier alpha value is -0.120. The average molecular weight is 271 g/mol. The Morgan fingerprint density at radius 3 is 1.63 bits per heavy atom. The van der Waals surface area contributed by atoms with Crippen LogP contribution in [-0.4, -0.2) is 55.6 Å². The molecule has 2 N–H and O–H groups in total. The third-order valence-corrected chi connectivity index (χ3v) is 3.97. The predicted molar refractivity (Wildman–Crippen MR) is 86.7 cm³/mol. The van der Waals surface area contributed by atoms with Gasteiger partial charge in [-0.2, -0.15) is 0 Å². The van der Waals surface area contributed by atoms with E-state index in [0.29, 0.717) is 0 Å². The molecule has 0 rings (SSSR count). The van der Waals surface area contributed by atoms with Gasteiger partial charge in [0.05, 0.1) is 0 Å². The Labute approximate surface area is 121 Å². The standard InChI is InChI=1S/C16H37N3/c1-4-18(5-2)15-12-16-19(6-3)14-11-9-7-8-10-13-17/h4-17H2,1-3H3. The van der Waals surface area contributed by atoms with Gasteiger partial charge in [0.15, 0.2) is 0 Å². The van der Waals surface area contributed by atoms with Gasteiger partial charge in [0.1, 0.15) is 0 Å². The number of unbranched alkanes of at least 4 members (excludes halogenated alkanes) is 4. The minimum atomic E-state index is 0.854. The van der Waals surface area contributed by atoms with E-state index in [4.69, 9.17) is 5.73 Å². The smallest absolute Gasteiger partial charge is 0.000666 e. The largest absolute Gasteiger partial charge is 0.330 e. The summed E-state index contributed by atoms with van der Waals surface area (Å²) < 4.78 is 0. The predicted octanol–water partition coefficient (Wildman–Crippen LogP) is 2.95. The lowest BCUT2D eigenvalue weighted by atomic mass is 10.1. The molecule has 0 aromatic rings. The van der Waals surface area contributed by atoms with E-state index in [-0.39, 0.29) is 0 Å². The van der Waals surface area contributed by atoms with Crippen LogP contribution >= 0.6 is 0 Å². The van der Waals surface area contributed by atoms with Crippen molar-refractivity contribution in [3.05, 3.63) is 0 Å². The van der Waals surface area contributed by atoms with Gasteiger partial charge in [0.25, 0.3) is 0 Å². The van der Waals surface area contributed by atoms with Crippen molar-refractivity contribution in [1.82, 2.24) is 9.80 Å². The zero-order valence-electron chi connectivity index (χ0n) is 13.7. The molecule has 0 unspecified atom stereocenters. The van der Waals surface area contributed by atoms with E-state index >= 15 is 0 Å². The van der Waals surface area contributed by atoms with Gasteiger partial charge < -0.3 is 15.5 Å². The maximum absolute atomic E-state index is 5.50. The lowest BCUT2D eigenvalue weighted by Gasteiger charge is -2.23. The quantitative estimate of drug-likeness (QED) is 0.493. The van der Waals surface area contributed by atoms with E-state index in [1.54, 1.807) is 0 Å². The second-order valence-electron chi connectivity index (χ2n) is 5.37. The van der Waals surface area contributed by atoms with Crippen LogP contribution in [0.4, 0.5) is 0 Å². The summed E-state index contributed by atoms with van der Waals surface area (Å²) in [6.45, 7) is 15.0. The highest BCUT2D eigenvalue weighted by Gasteiger charge is 2.04. The van der Waals surface area contributed by atoms with Crippen molar-refractivity contribution in [3.63, 3.8) is 0 Å². The van der Waals surface area contributed by atoms with E-state index in [1.807, 2.05) is 0 Å². The number of rotatable bonds is 14. The van der Waals surface area contributed by atoms with Gasteiger partial charge in [0.2, 0.25) is 0 Å². The number of hydrogen-bond donors (Lipinski definition) is 1. The van der Waals surface area contributed by atoms with Gasteiger partial charge in [-0.3, -0.25) is 0 Å². The molecular weight excluding hydrogens is 234 g/mol. The molecule has 3 heteroatoms. The van der Waals surface area contributed by atoms with Crippen molar-refractivity contribution in [2.75, 3.05) is 45.8 Å². The van der Waals surface area contributed by atoms with Gasteiger partial charge in [-0.15, -0.1) is 0 Å². The van der Waals surface area contributed by atoms with Crippen LogP contribution in [0.25, 0.3) is 0 Å². The van der Waals surface area contributed by atoms with E-state index in [9.17, 15) is 0 Å². The van der Waals surface area contributed by atoms with E-state index < -0.39 is 0 Å². The topological polar surface area (TPSA) is 32.5 Å². The molecular formula is C16H37N3. The molecule has 0 heterocycles. The zero-order valence-corrected chi connectivity index (χ0v) is 13.7. The summed E-state index contributed by atoms with van der Waals surface area (Å²) in [6, 6.07) is 0. The van der Waals surface area contributed by atoms with Crippen LogP contribution in [0.15, 0.2) is 0 Å². The third-order valence-electron chi connectivity index (χ3n) is 3.97. The highest BCUT2D eigenvalue weighted by atomic mass is 15.1. The van der Waals surface area contributed by atoms with Crippen LogP contribution in [0.1, 0.15) is 59.3 Å². The first-order chi connectivity index (χ1) is 9.28. The Bertz CT molecular complexity index is 169. The molecule has 19 heavy (non-hydrogen) atoms. The van der Waals surface area contributed by atoms with Crippen molar-refractivity contribution in [2.24, 2.45) is 5.73 Å². The van der Waals surface area contributed by atoms with Crippen LogP contribution in [0.5, 0.6) is 0 Å². The number of nitrogens with zero attached hydrogens (tertiary/aromatic N) is 2. The summed E-state index contributed by atoms with van der Waals surface area (Å²) in [6.07, 6.45) is 7.89. The van der Waals surface area contributed by atoms with Gasteiger partial charge >= 0.3 is 0 Å². The Kier molecular flexibility index (Phi) is 14.2. The molecule has 0 aliphatic carbocycles. The van der Waals surface area contributed by atoms with E-state index in [2.05, 4.69) is 30.6 Å². The van der Waals surface area contributed by atoms with Crippen molar-refractivity contribution < 1.29 is 0 Å². The molecule has 0 fully saturated rings. The molecule has 0 aromatic heterocycles. The molecule has 3 nitrogen and oxygen atoms in total. The van der Waals surface area contributed by atoms with Gasteiger partial charge in [-0.25, -0.2) is 0 Å². The summed E-state index contributed by atoms with van der Waals surface area (Å²) >= 11 is 0. The average Bonchev–Trinajstić information content (AvgIpc) is 2.45. The first-order valence-electron chi connectivity index (χ1n) is 8.43. The van der Waals surface area contributed by atoms with Crippen LogP contribution in [-0.2, 0) is 0 Å². The lowest BCUT2D eigenvalue weighted by molar-refractivity contribution is 0.240. The minimum Gasteiger partial charge on any atom is -0.330 e. The van der Waals surface area contributed by atoms with Crippen molar-refractivity contribution in [2.45, 2.75) is 59.3 Å². The number of nitrogens with two attached hydrogens (primary N) is 1. The summed E-state index contributed by atoms with van der Waals surface area (Å²) in [7, 11) is 0. The summed E-state index contributed by atoms with van der Waals surface area (Å²) in [5.41, 5.74) is 5.50. The van der Waals surface area contributed by atoms with Crippen molar-refractivity contribution in [3.8, 4) is 0 Å². The first kappa shape index (κ1) is 18.9. The lowest BCUT2D eigenvalue weighted by Crippen LogP contribution is -2.30. The van der Waals surface area contributed by atoms with Crippen LogP contribution in [0, 0.1) is 0 Å². The third kappa shape index (κ3) is 11.4. The van der Waals surface area contributed by atoms with Gasteiger partial charge in [-0.05, 0) is 65.1 Å². The summed E-state index contributed by atoms with van der Waals surface area (Å²) in [5.74, 6) is 0. The van der Waals surface area contributed by atoms with Gasteiger partial charge in [-0.1, -0.05) is 40.0 Å². The molecule has 0 radical (unpaired) electrons. The molecule has 0 atom stereocenters. The Morgan fingerprint density at radius 2 is 1.05 bits per heavy atom. The molecule has 0 saturated carbocycles. The Balaban J connectivity index is 3.49. The molecule has 0 amide bonds. The highest BCUT2D eigenvalue weighted by molar-refractivity contribution is 4.59. The van der Waals surface area contributed by atoms with Gasteiger partial charge in [0, 0.05) is 0 Å². The van der Waals surface area contributed by atoms with Crippen molar-refractivity contribution in [1.29, 1.82) is 0 Å². The van der Waals surface area contributed by atoms with Crippen LogP contribution in [0.2, 0.25) is 0 Å². The minimum absolute atomic E-state index is 0.854. The second kappa shape index (κ2) is 14.3. The molecule has 0 aromatic carbocycles. The Morgan fingerprint density at radius 1 is 0.579 bits per heavy atom. The summed E-state index contributed by atoms with van der Waals surface area (Å²) in [5, 5.41) is 0. The normalized spacial score (nSPS) is 11.7. The molecule has 0 aliphatic rings. The maximum Gasteiger partial charge on any atom is -0.000666 e. The van der Waals surface area contributed by atoms with E-state index in [0.717, 1.165) is 6.54 Å². The molecule has 0 bridgehead atoms. The molecule has 0 spiro atoms. The summed E-state index contributed by atoms with van der Waals surface area (Å²) in [4.78, 5) is 5.12. The first-order valence-corrected chi connectivity index (χ1v) is 8.43. The van der Waals surface area contributed by atoms with E-state index in [1.165, 1.54) is 77.8 Å². The fraction of sp³-hybridized carbons (Fsp3) is 1.00. The fourth-order valence-corrected chi connectivity index (χ4v) is 2.50. The molecule has 0 aliphatic heterocycles. The van der Waals surface area contributed by atoms with Crippen LogP contribution in [0.3, 0.4) is 0 Å².